The molecule has 0 atom stereocenters. The molecule has 0 aliphatic rings. The lowest BCUT2D eigenvalue weighted by molar-refractivity contribution is -0.113. The smallest absolute Gasteiger partial charge is 0.250 e. The van der Waals surface area contributed by atoms with Crippen LogP contribution in [0.25, 0.3) is 0 Å². The molecule has 27 heavy (non-hydrogen) atoms. The first-order valence-electron chi connectivity index (χ1n) is 8.25. The molecule has 2 aromatic carbocycles. The molecule has 0 bridgehead atoms. The van der Waals surface area contributed by atoms with Crippen molar-refractivity contribution in [1.29, 1.82) is 0 Å². The molecule has 0 radical (unpaired) electrons. The molecule has 140 valence electrons. The second-order valence-corrected chi connectivity index (χ2v) is 6.35. The number of hydrogen-bond donors (Lipinski definition) is 4. The summed E-state index contributed by atoms with van der Waals surface area (Å²) in [5, 5.41) is 25.3. The topological polar surface area (TPSA) is 98.7 Å². The lowest BCUT2D eigenvalue weighted by atomic mass is 10.0. The first kappa shape index (κ1) is 19.8. The van der Waals surface area contributed by atoms with Crippen LogP contribution < -0.4 is 10.6 Å². The van der Waals surface area contributed by atoms with E-state index in [0.717, 1.165) is 11.1 Å². The summed E-state index contributed by atoms with van der Waals surface area (Å²) in [6.45, 7) is 10.3. The van der Waals surface area contributed by atoms with Gasteiger partial charge in [-0.05, 0) is 55.7 Å². The number of aromatic hydroxyl groups is 2. The molecule has 6 heteroatoms. The molecular weight excluding hydrogens is 344 g/mol. The Morgan fingerprint density at radius 3 is 1.48 bits per heavy atom. The summed E-state index contributed by atoms with van der Waals surface area (Å²) in [6, 6.07) is 9.83. The monoisotopic (exact) mass is 366 g/mol. The van der Waals surface area contributed by atoms with Crippen LogP contribution >= 0.6 is 0 Å². The Kier molecular flexibility index (Phi) is 6.03. The third kappa shape index (κ3) is 5.22. The van der Waals surface area contributed by atoms with Crippen molar-refractivity contribution in [3.63, 3.8) is 0 Å². The number of phenolic OH excluding ortho intramolecular Hbond substituents is 2. The number of nitrogens with one attached hydrogen (secondary N) is 2. The van der Waals surface area contributed by atoms with Gasteiger partial charge < -0.3 is 20.8 Å². The second kappa shape index (κ2) is 8.23. The van der Waals surface area contributed by atoms with Crippen LogP contribution in [0.2, 0.25) is 0 Å². The van der Waals surface area contributed by atoms with E-state index < -0.39 is 0 Å². The van der Waals surface area contributed by atoms with E-state index in [1.54, 1.807) is 50.2 Å². The molecule has 0 aromatic heterocycles. The summed E-state index contributed by atoms with van der Waals surface area (Å²) in [5.41, 5.74) is 2.86. The van der Waals surface area contributed by atoms with Crippen molar-refractivity contribution in [2.75, 3.05) is 10.6 Å². The zero-order valence-corrected chi connectivity index (χ0v) is 15.3. The van der Waals surface area contributed by atoms with Crippen LogP contribution in [-0.4, -0.2) is 22.0 Å². The zero-order chi connectivity index (χ0) is 20.1. The Balaban J connectivity index is 2.13. The summed E-state index contributed by atoms with van der Waals surface area (Å²) < 4.78 is 0. The highest BCUT2D eigenvalue weighted by Crippen LogP contribution is 2.29. The van der Waals surface area contributed by atoms with Gasteiger partial charge in [-0.2, -0.15) is 0 Å². The minimum atomic E-state index is -0.365. The van der Waals surface area contributed by atoms with Gasteiger partial charge in [0.1, 0.15) is 11.5 Å². The summed E-state index contributed by atoms with van der Waals surface area (Å²) in [6.07, 6.45) is 0.449. The van der Waals surface area contributed by atoms with E-state index in [1.165, 1.54) is 0 Å². The van der Waals surface area contributed by atoms with Crippen molar-refractivity contribution in [1.82, 2.24) is 0 Å². The number of carbonyl (C=O) groups is 2. The van der Waals surface area contributed by atoms with Crippen molar-refractivity contribution in [2.24, 2.45) is 0 Å². The second-order valence-electron chi connectivity index (χ2n) is 6.35. The molecule has 0 saturated carbocycles. The molecule has 0 saturated heterocycles. The van der Waals surface area contributed by atoms with Crippen molar-refractivity contribution in [3.8, 4) is 11.5 Å². The number of anilines is 2. The van der Waals surface area contributed by atoms with Gasteiger partial charge in [-0.1, -0.05) is 25.3 Å². The molecule has 2 aromatic rings. The molecule has 6 nitrogen and oxygen atoms in total. The van der Waals surface area contributed by atoms with Gasteiger partial charge in [0.25, 0.3) is 11.8 Å². The first-order chi connectivity index (χ1) is 12.7. The van der Waals surface area contributed by atoms with Gasteiger partial charge in [0, 0.05) is 11.1 Å². The van der Waals surface area contributed by atoms with Crippen molar-refractivity contribution in [3.05, 3.63) is 71.8 Å². The van der Waals surface area contributed by atoms with Gasteiger partial charge in [-0.25, -0.2) is 0 Å². The van der Waals surface area contributed by atoms with Gasteiger partial charge in [-0.3, -0.25) is 9.59 Å². The fraction of sp³-hybridized carbons (Fsp3) is 0.143. The largest absolute Gasteiger partial charge is 0.506 e. The predicted molar refractivity (Wildman–Crippen MR) is 106 cm³/mol. The summed E-state index contributed by atoms with van der Waals surface area (Å²) in [7, 11) is 0. The third-order valence-corrected chi connectivity index (χ3v) is 3.80. The molecule has 2 rings (SSSR count). The number of rotatable bonds is 6. The van der Waals surface area contributed by atoms with Crippen LogP contribution in [0.3, 0.4) is 0 Å². The highest BCUT2D eigenvalue weighted by Gasteiger charge is 2.10. The van der Waals surface area contributed by atoms with Gasteiger partial charge in [-0.15, -0.1) is 0 Å². The Hall–Kier alpha value is -3.54. The lowest BCUT2D eigenvalue weighted by Crippen LogP contribution is -2.12. The standard InChI is InChI=1S/C21H22N2O4/c1-12(2)20(26)22-16-7-5-14(10-18(16)24)9-15-6-8-17(19(25)11-15)23-21(27)13(3)4/h5-8,10-11,24-25H,1,3,9H2,2,4H3,(H,22,26)(H,23,27). The van der Waals surface area contributed by atoms with E-state index >= 15 is 0 Å². The Bertz CT molecular complexity index is 856. The summed E-state index contributed by atoms with van der Waals surface area (Å²) >= 11 is 0. The maximum absolute atomic E-state index is 11.6. The minimum absolute atomic E-state index is 0.0586. The fourth-order valence-corrected chi connectivity index (χ4v) is 2.28. The van der Waals surface area contributed by atoms with E-state index in [0.29, 0.717) is 28.9 Å². The average Bonchev–Trinajstić information content (AvgIpc) is 2.59. The SMILES string of the molecule is C=C(C)C(=O)Nc1ccc(Cc2ccc(NC(=O)C(=C)C)c(O)c2)cc1O. The van der Waals surface area contributed by atoms with Crippen LogP contribution in [0.5, 0.6) is 11.5 Å². The van der Waals surface area contributed by atoms with Crippen LogP contribution in [0, 0.1) is 0 Å². The van der Waals surface area contributed by atoms with Crippen LogP contribution in [0.4, 0.5) is 11.4 Å². The molecule has 0 aliphatic heterocycles. The van der Waals surface area contributed by atoms with Crippen molar-refractivity contribution in [2.45, 2.75) is 20.3 Å². The first-order valence-corrected chi connectivity index (χ1v) is 8.25. The van der Waals surface area contributed by atoms with Crippen LogP contribution in [-0.2, 0) is 16.0 Å². The number of carbonyl (C=O) groups excluding carboxylic acids is 2. The maximum atomic E-state index is 11.6. The normalized spacial score (nSPS) is 10.1. The summed E-state index contributed by atoms with van der Waals surface area (Å²) in [5.74, 6) is -0.848. The average molecular weight is 366 g/mol. The van der Waals surface area contributed by atoms with Gasteiger partial charge in [0.15, 0.2) is 0 Å². The van der Waals surface area contributed by atoms with Crippen LogP contribution in [0.1, 0.15) is 25.0 Å². The minimum Gasteiger partial charge on any atom is -0.506 e. The number of benzene rings is 2. The van der Waals surface area contributed by atoms with Crippen molar-refractivity contribution >= 4 is 23.2 Å². The van der Waals surface area contributed by atoms with E-state index in [9.17, 15) is 19.8 Å². The van der Waals surface area contributed by atoms with Gasteiger partial charge >= 0.3 is 0 Å². The highest BCUT2D eigenvalue weighted by molar-refractivity contribution is 6.04. The Labute approximate surface area is 157 Å². The molecule has 0 spiro atoms. The molecular formula is C21H22N2O4. The highest BCUT2D eigenvalue weighted by atomic mass is 16.3. The van der Waals surface area contributed by atoms with Gasteiger partial charge in [0.2, 0.25) is 0 Å². The van der Waals surface area contributed by atoms with Gasteiger partial charge in [0.05, 0.1) is 11.4 Å². The molecule has 2 amide bonds. The van der Waals surface area contributed by atoms with E-state index in [-0.39, 0.29) is 23.3 Å². The molecule has 0 aliphatic carbocycles. The van der Waals surface area contributed by atoms with Crippen LogP contribution in [0.15, 0.2) is 60.7 Å². The van der Waals surface area contributed by atoms with E-state index in [2.05, 4.69) is 23.8 Å². The number of amides is 2. The fourth-order valence-electron chi connectivity index (χ4n) is 2.28. The Morgan fingerprint density at radius 1 is 0.815 bits per heavy atom. The number of hydrogen-bond acceptors (Lipinski definition) is 4. The van der Waals surface area contributed by atoms with Crippen molar-refractivity contribution < 1.29 is 19.8 Å². The lowest BCUT2D eigenvalue weighted by Gasteiger charge is -2.11. The number of phenols is 2. The third-order valence-electron chi connectivity index (χ3n) is 3.80. The predicted octanol–water partition coefficient (Wildman–Crippen LogP) is 3.72. The van der Waals surface area contributed by atoms with E-state index in [4.69, 9.17) is 0 Å². The summed E-state index contributed by atoms with van der Waals surface area (Å²) in [4.78, 5) is 23.3. The zero-order valence-electron chi connectivity index (χ0n) is 15.3. The molecule has 0 unspecified atom stereocenters. The molecule has 4 N–H and O–H groups in total. The molecule has 0 fully saturated rings. The quantitative estimate of drug-likeness (QED) is 0.462. The van der Waals surface area contributed by atoms with E-state index in [1.807, 2.05) is 0 Å². The molecule has 0 heterocycles. The Morgan fingerprint density at radius 2 is 1.19 bits per heavy atom. The maximum Gasteiger partial charge on any atom is 0.250 e.